The molecule has 3 aromatic heterocycles. The number of nitrogens with two attached hydrogens (primary N) is 1. The van der Waals surface area contributed by atoms with Crippen LogP contribution in [0.5, 0.6) is 5.88 Å². The molecule has 2 aliphatic rings. The topological polar surface area (TPSA) is 91.2 Å². The van der Waals surface area contributed by atoms with E-state index in [1.807, 2.05) is 30.7 Å². The third-order valence-corrected chi connectivity index (χ3v) is 7.19. The van der Waals surface area contributed by atoms with Gasteiger partial charge >= 0.3 is 0 Å². The Hall–Kier alpha value is -3.46. The fourth-order valence-corrected chi connectivity index (χ4v) is 4.90. The zero-order valence-corrected chi connectivity index (χ0v) is 21.1. The molecule has 0 aromatic carbocycles. The largest absolute Gasteiger partial charge is 0.481 e. The van der Waals surface area contributed by atoms with Gasteiger partial charge in [0.05, 0.1) is 25.0 Å². The van der Waals surface area contributed by atoms with E-state index < -0.39 is 6.17 Å². The summed E-state index contributed by atoms with van der Waals surface area (Å²) >= 11 is 0. The Morgan fingerprint density at radius 1 is 1.31 bits per heavy atom. The summed E-state index contributed by atoms with van der Waals surface area (Å²) in [4.78, 5) is 24.3. The van der Waals surface area contributed by atoms with E-state index in [0.29, 0.717) is 29.6 Å². The predicted octanol–water partition coefficient (Wildman–Crippen LogP) is 3.63. The van der Waals surface area contributed by atoms with Crippen molar-refractivity contribution in [1.29, 1.82) is 0 Å². The number of ether oxygens (including phenoxy) is 1. The Morgan fingerprint density at radius 2 is 2.08 bits per heavy atom. The number of carbonyl (C=O) groups excluding carboxylic acids is 1. The van der Waals surface area contributed by atoms with Gasteiger partial charge in [0.2, 0.25) is 5.88 Å². The van der Waals surface area contributed by atoms with E-state index in [2.05, 4.69) is 17.2 Å². The number of hydrogen-bond acceptors (Lipinski definition) is 5. The Morgan fingerprint density at radius 3 is 2.75 bits per heavy atom. The highest BCUT2D eigenvalue weighted by molar-refractivity contribution is 6.00. The molecule has 0 radical (unpaired) electrons. The highest BCUT2D eigenvalue weighted by Gasteiger charge is 2.30. The van der Waals surface area contributed by atoms with Gasteiger partial charge in [0, 0.05) is 48.9 Å². The molecule has 2 atom stereocenters. The summed E-state index contributed by atoms with van der Waals surface area (Å²) in [6, 6.07) is 5.62. The monoisotopic (exact) mass is 492 g/mol. The van der Waals surface area contributed by atoms with Crippen molar-refractivity contribution in [2.45, 2.75) is 44.9 Å². The minimum absolute atomic E-state index is 0.0435. The molecule has 0 bridgehead atoms. The molecule has 1 saturated heterocycles. The molecule has 1 aliphatic heterocycles. The first-order valence-electron chi connectivity index (χ1n) is 12.4. The van der Waals surface area contributed by atoms with E-state index in [9.17, 15) is 9.18 Å². The van der Waals surface area contributed by atoms with Crippen LogP contribution in [0.1, 0.15) is 30.7 Å². The van der Waals surface area contributed by atoms with Crippen LogP contribution in [0.2, 0.25) is 0 Å². The van der Waals surface area contributed by atoms with Gasteiger partial charge in [-0.2, -0.15) is 4.98 Å². The molecule has 4 heterocycles. The molecule has 8 nitrogen and oxygen atoms in total. The lowest BCUT2D eigenvalue weighted by Crippen LogP contribution is -2.50. The minimum atomic E-state index is -1.12. The van der Waals surface area contributed by atoms with Crippen molar-refractivity contribution in [3.8, 4) is 17.4 Å². The van der Waals surface area contributed by atoms with Gasteiger partial charge < -0.3 is 24.5 Å². The number of halogens is 1. The van der Waals surface area contributed by atoms with E-state index in [1.165, 1.54) is 23.8 Å². The number of imidazole rings is 1. The smallest absolute Gasteiger partial charge is 0.254 e. The number of piperidine rings is 1. The maximum Gasteiger partial charge on any atom is 0.254 e. The van der Waals surface area contributed by atoms with E-state index in [1.54, 1.807) is 13.2 Å². The van der Waals surface area contributed by atoms with E-state index in [-0.39, 0.29) is 24.9 Å². The Balaban J connectivity index is 1.54. The van der Waals surface area contributed by atoms with Gasteiger partial charge in [-0.05, 0) is 50.3 Å². The lowest BCUT2D eigenvalue weighted by Gasteiger charge is -2.33. The summed E-state index contributed by atoms with van der Waals surface area (Å²) in [5, 5.41) is 1.02. The summed E-state index contributed by atoms with van der Waals surface area (Å²) in [5.41, 5.74) is 9.74. The van der Waals surface area contributed by atoms with Crippen molar-refractivity contribution >= 4 is 23.0 Å². The third-order valence-electron chi connectivity index (χ3n) is 7.19. The van der Waals surface area contributed by atoms with Crippen LogP contribution in [0.3, 0.4) is 0 Å². The molecule has 1 amide bonds. The van der Waals surface area contributed by atoms with Crippen molar-refractivity contribution in [3.63, 3.8) is 0 Å². The zero-order chi connectivity index (χ0) is 25.6. The van der Waals surface area contributed by atoms with Gasteiger partial charge in [-0.25, -0.2) is 9.37 Å². The van der Waals surface area contributed by atoms with Crippen LogP contribution in [0.15, 0.2) is 36.4 Å². The highest BCUT2D eigenvalue weighted by atomic mass is 19.1. The van der Waals surface area contributed by atoms with Crippen LogP contribution in [-0.2, 0) is 18.4 Å². The first-order chi connectivity index (χ1) is 17.3. The number of alkyl halides is 1. The van der Waals surface area contributed by atoms with Crippen LogP contribution >= 0.6 is 0 Å². The maximum absolute atomic E-state index is 14.1. The number of nitrogens with zero attached hydrogens (tertiary/aromatic N) is 5. The van der Waals surface area contributed by atoms with Crippen molar-refractivity contribution in [3.05, 3.63) is 47.8 Å². The second-order valence-corrected chi connectivity index (χ2v) is 9.92. The molecule has 0 spiro atoms. The fraction of sp³-hybridized carbons (Fsp3) is 0.444. The van der Waals surface area contributed by atoms with Gasteiger partial charge in [-0.1, -0.05) is 12.7 Å². The van der Waals surface area contributed by atoms with Crippen molar-refractivity contribution < 1.29 is 13.9 Å². The lowest BCUT2D eigenvalue weighted by atomic mass is 10.0. The molecule has 36 heavy (non-hydrogen) atoms. The first-order valence-corrected chi connectivity index (χ1v) is 12.4. The molecular weight excluding hydrogens is 459 g/mol. The standard InChI is InChI=1S/C27H33FN6O2/c1-5-18(27(35)33-14-20(28)12-21(29)15-33)10-22-16(2)32(3)26(30-22)23-11-19-8-9-24(36-4)31-25(19)34(23)13-17-6-7-17/h5,8-11,17,20-21H,1,6-7,12-15,29H2,2-4H3/b18-10+/t20-,21-/m0/s1. The van der Waals surface area contributed by atoms with Crippen LogP contribution < -0.4 is 10.5 Å². The lowest BCUT2D eigenvalue weighted by molar-refractivity contribution is -0.129. The van der Waals surface area contributed by atoms with E-state index >= 15 is 0 Å². The number of fused-ring (bicyclic) bond motifs is 1. The summed E-state index contributed by atoms with van der Waals surface area (Å²) in [7, 11) is 3.59. The molecular formula is C27H33FN6O2. The Labute approximate surface area is 210 Å². The Bertz CT molecular complexity index is 1340. The third kappa shape index (κ3) is 4.55. The molecule has 2 fully saturated rings. The molecule has 9 heteroatoms. The summed E-state index contributed by atoms with van der Waals surface area (Å²) in [6.45, 7) is 7.04. The maximum atomic E-state index is 14.1. The summed E-state index contributed by atoms with van der Waals surface area (Å²) in [6.07, 6.45) is 4.81. The SMILES string of the molecule is C=C/C(=C\c1nc(-c2cc3ccc(OC)nc3n2CC2CC2)n(C)c1C)C(=O)N1C[C@@H](N)C[C@H](F)C1. The van der Waals surface area contributed by atoms with Crippen LogP contribution in [0.4, 0.5) is 4.39 Å². The van der Waals surface area contributed by atoms with Crippen molar-refractivity contribution in [2.75, 3.05) is 20.2 Å². The number of rotatable bonds is 7. The number of methoxy groups -OCH3 is 1. The minimum Gasteiger partial charge on any atom is -0.481 e. The van der Waals surface area contributed by atoms with Gasteiger partial charge in [0.15, 0.2) is 5.82 Å². The number of pyridine rings is 1. The molecule has 1 aliphatic carbocycles. The van der Waals surface area contributed by atoms with Crippen molar-refractivity contribution in [1.82, 2.24) is 24.0 Å². The quantitative estimate of drug-likeness (QED) is 0.402. The van der Waals surface area contributed by atoms with Crippen LogP contribution in [0.25, 0.3) is 28.6 Å². The van der Waals surface area contributed by atoms with Crippen molar-refractivity contribution in [2.24, 2.45) is 18.7 Å². The molecule has 2 N–H and O–H groups in total. The molecule has 5 rings (SSSR count). The van der Waals surface area contributed by atoms with Gasteiger partial charge in [-0.15, -0.1) is 0 Å². The second kappa shape index (κ2) is 9.54. The number of hydrogen-bond donors (Lipinski definition) is 1. The Kier molecular flexibility index (Phi) is 6.42. The average Bonchev–Trinajstić information content (AvgIpc) is 3.56. The average molecular weight is 493 g/mol. The highest BCUT2D eigenvalue weighted by Crippen LogP contribution is 2.36. The fourth-order valence-electron chi connectivity index (χ4n) is 4.90. The number of carbonyl (C=O) groups is 1. The first kappa shape index (κ1) is 24.2. The predicted molar refractivity (Wildman–Crippen MR) is 138 cm³/mol. The van der Waals surface area contributed by atoms with Gasteiger partial charge in [0.25, 0.3) is 5.91 Å². The number of likely N-dealkylation sites (tertiary alicyclic amines) is 1. The number of aromatic nitrogens is 4. The molecule has 190 valence electrons. The zero-order valence-electron chi connectivity index (χ0n) is 21.1. The second-order valence-electron chi connectivity index (χ2n) is 9.92. The van der Waals surface area contributed by atoms with Crippen LogP contribution in [-0.4, -0.2) is 62.3 Å². The summed E-state index contributed by atoms with van der Waals surface area (Å²) < 4.78 is 23.7. The normalized spacial score (nSPS) is 20.7. The van der Waals surface area contributed by atoms with E-state index in [0.717, 1.165) is 34.8 Å². The van der Waals surface area contributed by atoms with Gasteiger partial charge in [0.1, 0.15) is 11.8 Å². The van der Waals surface area contributed by atoms with Crippen LogP contribution in [0, 0.1) is 12.8 Å². The number of amides is 1. The molecule has 0 unspecified atom stereocenters. The summed E-state index contributed by atoms with van der Waals surface area (Å²) in [5.74, 6) is 1.71. The molecule has 3 aromatic rings. The van der Waals surface area contributed by atoms with Gasteiger partial charge in [-0.3, -0.25) is 4.79 Å². The van der Waals surface area contributed by atoms with E-state index in [4.69, 9.17) is 20.4 Å². The molecule has 1 saturated carbocycles.